The number of anilines is 1. The average molecular weight is 525 g/mol. The summed E-state index contributed by atoms with van der Waals surface area (Å²) in [5, 5.41) is 15.7. The Morgan fingerprint density at radius 1 is 1.20 bits per heavy atom. The lowest BCUT2D eigenvalue weighted by molar-refractivity contribution is -0.137. The van der Waals surface area contributed by atoms with Gasteiger partial charge in [0.1, 0.15) is 40.4 Å². The lowest BCUT2D eigenvalue weighted by Crippen LogP contribution is -2.25. The summed E-state index contributed by atoms with van der Waals surface area (Å²) in [6.07, 6.45) is 2.38. The van der Waals surface area contributed by atoms with Gasteiger partial charge in [0.15, 0.2) is 0 Å². The van der Waals surface area contributed by atoms with Gasteiger partial charge in [-0.25, -0.2) is 24.9 Å². The van der Waals surface area contributed by atoms with Crippen LogP contribution in [-0.4, -0.2) is 40.5 Å². The molecule has 4 aromatic heterocycles. The zero-order valence-electron chi connectivity index (χ0n) is 17.7. The molecule has 0 radical (unpaired) electrons. The molecule has 2 unspecified atom stereocenters. The van der Waals surface area contributed by atoms with Gasteiger partial charge < -0.3 is 10.4 Å². The van der Waals surface area contributed by atoms with Gasteiger partial charge in [-0.3, -0.25) is 14.7 Å². The highest BCUT2D eigenvalue weighted by Crippen LogP contribution is 2.35. The first-order chi connectivity index (χ1) is 16.6. The van der Waals surface area contributed by atoms with Gasteiger partial charge in [0.25, 0.3) is 5.91 Å². The zero-order valence-corrected chi connectivity index (χ0v) is 19.3. The molecule has 0 bridgehead atoms. The highest BCUT2D eigenvalue weighted by molar-refractivity contribution is 7.13. The Kier molecular flexibility index (Phi) is 7.07. The van der Waals surface area contributed by atoms with Crippen molar-refractivity contribution < 1.29 is 23.1 Å². The number of pyridine rings is 1. The summed E-state index contributed by atoms with van der Waals surface area (Å²) in [4.78, 5) is 32.7. The van der Waals surface area contributed by atoms with Crippen LogP contribution in [0, 0.1) is 0 Å². The van der Waals surface area contributed by atoms with E-state index in [1.54, 1.807) is 36.3 Å². The quantitative estimate of drug-likeness (QED) is 0.311. The topological polar surface area (TPSA) is 131 Å². The fraction of sp³-hybridized carbons (Fsp3) is 0.200. The maximum atomic E-state index is 13.0. The number of hydrogen-bond acceptors (Lipinski definition) is 9. The van der Waals surface area contributed by atoms with Crippen molar-refractivity contribution in [3.05, 3.63) is 75.7 Å². The van der Waals surface area contributed by atoms with Crippen LogP contribution in [0.25, 0.3) is 5.82 Å². The van der Waals surface area contributed by atoms with E-state index in [-0.39, 0.29) is 10.7 Å². The molecule has 15 heteroatoms. The van der Waals surface area contributed by atoms with Crippen molar-refractivity contribution in [3.8, 4) is 5.82 Å². The van der Waals surface area contributed by atoms with Gasteiger partial charge in [-0.2, -0.15) is 13.2 Å². The lowest BCUT2D eigenvalue weighted by atomic mass is 10.2. The van der Waals surface area contributed by atoms with E-state index in [0.29, 0.717) is 22.6 Å². The number of aliphatic hydroxyl groups excluding tert-OH is 1. The summed E-state index contributed by atoms with van der Waals surface area (Å²) in [6.45, 7) is 1.72. The van der Waals surface area contributed by atoms with Gasteiger partial charge in [-0.15, -0.1) is 11.3 Å². The maximum Gasteiger partial charge on any atom is 0.418 e. The smallest absolute Gasteiger partial charge is 0.373 e. The van der Waals surface area contributed by atoms with Crippen molar-refractivity contribution in [1.29, 1.82) is 0 Å². The molecule has 0 saturated heterocycles. The van der Waals surface area contributed by atoms with E-state index in [2.05, 4.69) is 35.6 Å². The minimum atomic E-state index is -4.69. The third-order valence-corrected chi connectivity index (χ3v) is 6.13. The third-order valence-electron chi connectivity index (χ3n) is 4.65. The van der Waals surface area contributed by atoms with E-state index < -0.39 is 34.9 Å². The second-order valence-corrected chi connectivity index (χ2v) is 8.60. The number of carbonyl (C=O) groups is 1. The third kappa shape index (κ3) is 5.79. The molecular formula is C20H16ClF3N8O2S. The van der Waals surface area contributed by atoms with E-state index in [9.17, 15) is 23.1 Å². The molecule has 0 aromatic carbocycles. The van der Waals surface area contributed by atoms with Crippen molar-refractivity contribution in [2.75, 3.05) is 5.32 Å². The first kappa shape index (κ1) is 24.7. The largest absolute Gasteiger partial charge is 0.418 e. The number of halogens is 4. The molecule has 35 heavy (non-hydrogen) atoms. The predicted octanol–water partition coefficient (Wildman–Crippen LogP) is 3.78. The molecule has 3 N–H and O–H groups in total. The van der Waals surface area contributed by atoms with Crippen LogP contribution in [0.2, 0.25) is 5.02 Å². The van der Waals surface area contributed by atoms with Gasteiger partial charge in [-0.1, -0.05) is 11.6 Å². The normalized spacial score (nSPS) is 13.4. The number of hydrogen-bond donors (Lipinski definition) is 3. The number of rotatable bonds is 7. The summed E-state index contributed by atoms with van der Waals surface area (Å²) in [6, 6.07) is 1.75. The van der Waals surface area contributed by atoms with Crippen molar-refractivity contribution in [2.45, 2.75) is 25.4 Å². The number of aliphatic hydroxyl groups is 1. The Bertz CT molecular complexity index is 1330. The molecule has 0 aliphatic carbocycles. The number of carbonyl (C=O) groups excluding carboxylic acids is 1. The van der Waals surface area contributed by atoms with Crippen LogP contribution in [0.1, 0.15) is 45.1 Å². The first-order valence-corrected chi connectivity index (χ1v) is 11.1. The minimum absolute atomic E-state index is 0.137. The number of alkyl halides is 3. The van der Waals surface area contributed by atoms with E-state index in [1.807, 2.05) is 0 Å². The minimum Gasteiger partial charge on any atom is -0.373 e. The lowest BCUT2D eigenvalue weighted by Gasteiger charge is -2.17. The molecule has 10 nitrogen and oxygen atoms in total. The van der Waals surface area contributed by atoms with Crippen molar-refractivity contribution in [2.24, 2.45) is 0 Å². The van der Waals surface area contributed by atoms with Gasteiger partial charge in [0.2, 0.25) is 0 Å². The van der Waals surface area contributed by atoms with E-state index in [0.717, 1.165) is 17.5 Å². The van der Waals surface area contributed by atoms with Crippen LogP contribution < -0.4 is 10.6 Å². The van der Waals surface area contributed by atoms with Crippen molar-refractivity contribution >= 4 is 34.7 Å². The summed E-state index contributed by atoms with van der Waals surface area (Å²) < 4.78 is 40.7. The number of aromatic nitrogens is 6. The Morgan fingerprint density at radius 2 is 2.00 bits per heavy atom. The van der Waals surface area contributed by atoms with Crippen LogP contribution in [0.15, 0.2) is 49.6 Å². The monoisotopic (exact) mass is 524 g/mol. The molecular weight excluding hydrogens is 509 g/mol. The van der Waals surface area contributed by atoms with Gasteiger partial charge in [0.05, 0.1) is 28.5 Å². The number of amides is 1. The van der Waals surface area contributed by atoms with E-state index in [1.165, 1.54) is 12.5 Å². The Hall–Kier alpha value is -3.46. The number of nitrogens with zero attached hydrogens (tertiary/aromatic N) is 6. The number of nitrogens with one attached hydrogen (secondary N) is 2. The fourth-order valence-electron chi connectivity index (χ4n) is 2.94. The van der Waals surface area contributed by atoms with Crippen molar-refractivity contribution in [1.82, 2.24) is 34.8 Å². The van der Waals surface area contributed by atoms with Gasteiger partial charge in [-0.05, 0) is 13.0 Å². The van der Waals surface area contributed by atoms with Crippen LogP contribution in [0.4, 0.5) is 19.0 Å². The Morgan fingerprint density at radius 3 is 2.71 bits per heavy atom. The molecule has 182 valence electrons. The summed E-state index contributed by atoms with van der Waals surface area (Å²) >= 11 is 6.55. The summed E-state index contributed by atoms with van der Waals surface area (Å²) in [5.74, 6) is -0.482. The molecule has 4 aromatic rings. The molecule has 0 aliphatic rings. The molecule has 1 amide bonds. The van der Waals surface area contributed by atoms with Crippen molar-refractivity contribution in [3.63, 3.8) is 0 Å². The Labute approximate surface area is 204 Å². The number of thiazole rings is 1. The number of imidazole rings is 1. The van der Waals surface area contributed by atoms with Crippen LogP contribution >= 0.6 is 22.9 Å². The van der Waals surface area contributed by atoms with Gasteiger partial charge >= 0.3 is 6.18 Å². The summed E-state index contributed by atoms with van der Waals surface area (Å²) in [5.41, 5.74) is -0.804. The Balaban J connectivity index is 1.42. The molecule has 0 saturated carbocycles. The maximum absolute atomic E-state index is 13.0. The standard InChI is InChI=1S/C20H16ClF3N8O2S/c1-10(30-17(33)13-5-16(29-8-28-13)32-3-2-25-9-32)19-27-7-14(35-19)18(34)31-15-4-11(20(22,23)24)12(21)6-26-15/h2-10,17,30,33H,1H3,(H,26,31,34). The van der Waals surface area contributed by atoms with Crippen LogP contribution in [-0.2, 0) is 6.18 Å². The summed E-state index contributed by atoms with van der Waals surface area (Å²) in [7, 11) is 0. The average Bonchev–Trinajstić information content (AvgIpc) is 3.52. The molecule has 2 atom stereocenters. The highest BCUT2D eigenvalue weighted by Gasteiger charge is 2.34. The zero-order chi connectivity index (χ0) is 25.2. The fourth-order valence-corrected chi connectivity index (χ4v) is 3.97. The predicted molar refractivity (Wildman–Crippen MR) is 120 cm³/mol. The van der Waals surface area contributed by atoms with Crippen LogP contribution in [0.3, 0.4) is 0 Å². The molecule has 0 fully saturated rings. The molecule has 4 rings (SSSR count). The van der Waals surface area contributed by atoms with Gasteiger partial charge in [0, 0.05) is 24.7 Å². The second kappa shape index (κ2) is 10.0. The highest BCUT2D eigenvalue weighted by atomic mass is 35.5. The SMILES string of the molecule is CC(NC(O)c1cc(-n2ccnc2)ncn1)c1ncc(C(=O)Nc2cc(C(F)(F)F)c(Cl)cn2)s1. The first-order valence-electron chi connectivity index (χ1n) is 9.86. The molecule has 0 aliphatic heterocycles. The van der Waals surface area contributed by atoms with E-state index >= 15 is 0 Å². The molecule has 4 heterocycles. The second-order valence-electron chi connectivity index (χ2n) is 7.13. The van der Waals surface area contributed by atoms with E-state index in [4.69, 9.17) is 11.6 Å². The molecule has 0 spiro atoms. The van der Waals surface area contributed by atoms with Crippen LogP contribution in [0.5, 0.6) is 0 Å².